The van der Waals surface area contributed by atoms with E-state index in [0.717, 1.165) is 13.1 Å². The molecule has 1 aliphatic rings. The molecule has 1 N–H and O–H groups in total. The summed E-state index contributed by atoms with van der Waals surface area (Å²) in [6.07, 6.45) is 0. The van der Waals surface area contributed by atoms with Crippen LogP contribution in [0.3, 0.4) is 0 Å². The normalized spacial score (nSPS) is 18.5. The van der Waals surface area contributed by atoms with E-state index in [4.69, 9.17) is 16.3 Å². The van der Waals surface area contributed by atoms with Crippen LogP contribution in [0.15, 0.2) is 29.2 Å². The summed E-state index contributed by atoms with van der Waals surface area (Å²) < 4.78 is 32.8. The van der Waals surface area contributed by atoms with Gasteiger partial charge in [0, 0.05) is 30.7 Å². The van der Waals surface area contributed by atoms with Crippen molar-refractivity contribution >= 4 is 21.6 Å². The maximum Gasteiger partial charge on any atom is 0.240 e. The lowest BCUT2D eigenvalue weighted by Gasteiger charge is -2.36. The summed E-state index contributed by atoms with van der Waals surface area (Å²) in [6, 6.07) is 6.36. The molecule has 0 spiro atoms. The number of halogens is 1. The second-order valence-electron chi connectivity index (χ2n) is 5.77. The SMILES string of the molecule is CC(C)C(CNS(=O)(=O)c1ccc(Cl)cc1)N1CCOCC1. The number of ether oxygens (including phenoxy) is 1. The summed E-state index contributed by atoms with van der Waals surface area (Å²) in [5, 5.41) is 0.521. The predicted molar refractivity (Wildman–Crippen MR) is 87.7 cm³/mol. The standard InChI is InChI=1S/C15H23ClN2O3S/c1-12(2)15(18-7-9-21-10-8-18)11-17-22(19,20)14-5-3-13(16)4-6-14/h3-6,12,15,17H,7-11H2,1-2H3. The van der Waals surface area contributed by atoms with Crippen LogP contribution in [-0.4, -0.2) is 52.2 Å². The van der Waals surface area contributed by atoms with Gasteiger partial charge < -0.3 is 4.74 Å². The number of rotatable bonds is 6. The summed E-state index contributed by atoms with van der Waals surface area (Å²) in [6.45, 7) is 7.69. The smallest absolute Gasteiger partial charge is 0.240 e. The predicted octanol–water partition coefficient (Wildman–Crippen LogP) is 1.98. The summed E-state index contributed by atoms with van der Waals surface area (Å²) in [5.41, 5.74) is 0. The molecular formula is C15H23ClN2O3S. The fourth-order valence-electron chi connectivity index (χ4n) is 2.59. The largest absolute Gasteiger partial charge is 0.379 e. The number of sulfonamides is 1. The lowest BCUT2D eigenvalue weighted by molar-refractivity contribution is 0.00776. The first-order chi connectivity index (χ1) is 10.4. The van der Waals surface area contributed by atoms with Crippen LogP contribution >= 0.6 is 11.6 Å². The van der Waals surface area contributed by atoms with Crippen LogP contribution < -0.4 is 4.72 Å². The zero-order chi connectivity index (χ0) is 16.2. The maximum absolute atomic E-state index is 12.4. The van der Waals surface area contributed by atoms with Crippen LogP contribution in [-0.2, 0) is 14.8 Å². The Morgan fingerprint density at radius 1 is 1.23 bits per heavy atom. The topological polar surface area (TPSA) is 58.6 Å². The Bertz CT molecular complexity index is 569. The molecule has 0 radical (unpaired) electrons. The molecule has 7 heteroatoms. The van der Waals surface area contributed by atoms with Gasteiger partial charge in [0.05, 0.1) is 18.1 Å². The van der Waals surface area contributed by atoms with E-state index < -0.39 is 10.0 Å². The maximum atomic E-state index is 12.4. The van der Waals surface area contributed by atoms with Gasteiger partial charge in [0.1, 0.15) is 0 Å². The van der Waals surface area contributed by atoms with E-state index in [2.05, 4.69) is 23.5 Å². The van der Waals surface area contributed by atoms with Gasteiger partial charge in [-0.05, 0) is 30.2 Å². The van der Waals surface area contributed by atoms with E-state index in [0.29, 0.717) is 30.7 Å². The zero-order valence-corrected chi connectivity index (χ0v) is 14.5. The Hall–Kier alpha value is -0.660. The minimum Gasteiger partial charge on any atom is -0.379 e. The fourth-order valence-corrected chi connectivity index (χ4v) is 3.76. The molecule has 1 aliphatic heterocycles. The van der Waals surface area contributed by atoms with Crippen molar-refractivity contribution in [3.8, 4) is 0 Å². The highest BCUT2D eigenvalue weighted by atomic mass is 35.5. The lowest BCUT2D eigenvalue weighted by Crippen LogP contribution is -2.51. The van der Waals surface area contributed by atoms with E-state index in [-0.39, 0.29) is 10.9 Å². The summed E-state index contributed by atoms with van der Waals surface area (Å²) in [4.78, 5) is 2.53. The minimum atomic E-state index is -3.51. The first-order valence-corrected chi connectivity index (χ1v) is 9.33. The number of nitrogens with zero attached hydrogens (tertiary/aromatic N) is 1. The van der Waals surface area contributed by atoms with Crippen LogP contribution in [0.4, 0.5) is 0 Å². The van der Waals surface area contributed by atoms with Gasteiger partial charge in [-0.1, -0.05) is 25.4 Å². The molecule has 1 fully saturated rings. The Morgan fingerprint density at radius 3 is 2.36 bits per heavy atom. The number of hydrogen-bond acceptors (Lipinski definition) is 4. The molecule has 1 aromatic rings. The van der Waals surface area contributed by atoms with Crippen molar-refractivity contribution in [1.29, 1.82) is 0 Å². The van der Waals surface area contributed by atoms with Crippen molar-refractivity contribution in [2.75, 3.05) is 32.8 Å². The molecule has 0 aliphatic carbocycles. The third kappa shape index (κ3) is 4.67. The van der Waals surface area contributed by atoms with E-state index in [1.807, 2.05) is 0 Å². The second-order valence-corrected chi connectivity index (χ2v) is 7.97. The molecule has 0 bridgehead atoms. The van der Waals surface area contributed by atoms with E-state index >= 15 is 0 Å². The molecule has 1 aromatic carbocycles. The molecule has 0 aromatic heterocycles. The summed E-state index contributed by atoms with van der Waals surface area (Å²) >= 11 is 5.80. The molecule has 1 saturated heterocycles. The Kier molecular flexibility index (Phi) is 6.23. The van der Waals surface area contributed by atoms with Gasteiger partial charge in [-0.2, -0.15) is 0 Å². The number of hydrogen-bond donors (Lipinski definition) is 1. The second kappa shape index (κ2) is 7.75. The number of benzene rings is 1. The fraction of sp³-hybridized carbons (Fsp3) is 0.600. The quantitative estimate of drug-likeness (QED) is 0.855. The molecule has 0 saturated carbocycles. The summed E-state index contributed by atoms with van der Waals surface area (Å²) in [5.74, 6) is 0.353. The van der Waals surface area contributed by atoms with E-state index in [9.17, 15) is 8.42 Å². The number of morpholine rings is 1. The summed E-state index contributed by atoms with van der Waals surface area (Å²) in [7, 11) is -3.51. The molecule has 22 heavy (non-hydrogen) atoms. The average Bonchev–Trinajstić information content (AvgIpc) is 2.48. The highest BCUT2D eigenvalue weighted by Gasteiger charge is 2.25. The third-order valence-electron chi connectivity index (χ3n) is 3.89. The van der Waals surface area contributed by atoms with Gasteiger partial charge in [-0.15, -0.1) is 0 Å². The minimum absolute atomic E-state index is 0.158. The van der Waals surface area contributed by atoms with E-state index in [1.165, 1.54) is 12.1 Å². The molecule has 0 amide bonds. The van der Waals surface area contributed by atoms with Gasteiger partial charge in [-0.3, -0.25) is 4.90 Å². The van der Waals surface area contributed by atoms with Crippen LogP contribution in [0, 0.1) is 5.92 Å². The van der Waals surface area contributed by atoms with Crippen molar-refractivity contribution in [3.63, 3.8) is 0 Å². The molecule has 124 valence electrons. The lowest BCUT2D eigenvalue weighted by atomic mass is 10.0. The van der Waals surface area contributed by atoms with Gasteiger partial charge in [-0.25, -0.2) is 13.1 Å². The van der Waals surface area contributed by atoms with Crippen LogP contribution in [0.5, 0.6) is 0 Å². The molecular weight excluding hydrogens is 324 g/mol. The molecule has 1 heterocycles. The van der Waals surface area contributed by atoms with Crippen molar-refractivity contribution in [2.45, 2.75) is 24.8 Å². The Labute approximate surface area is 137 Å². The third-order valence-corrected chi connectivity index (χ3v) is 5.58. The molecule has 2 rings (SSSR count). The Balaban J connectivity index is 2.03. The average molecular weight is 347 g/mol. The highest BCUT2D eigenvalue weighted by molar-refractivity contribution is 7.89. The van der Waals surface area contributed by atoms with Gasteiger partial charge in [0.25, 0.3) is 0 Å². The first kappa shape index (κ1) is 17.7. The van der Waals surface area contributed by atoms with Crippen LogP contribution in [0.2, 0.25) is 5.02 Å². The van der Waals surface area contributed by atoms with Crippen LogP contribution in [0.25, 0.3) is 0 Å². The van der Waals surface area contributed by atoms with Gasteiger partial charge >= 0.3 is 0 Å². The van der Waals surface area contributed by atoms with Gasteiger partial charge in [0.2, 0.25) is 10.0 Å². The van der Waals surface area contributed by atoms with E-state index in [1.54, 1.807) is 12.1 Å². The van der Waals surface area contributed by atoms with Crippen molar-refractivity contribution in [1.82, 2.24) is 9.62 Å². The highest BCUT2D eigenvalue weighted by Crippen LogP contribution is 2.16. The zero-order valence-electron chi connectivity index (χ0n) is 13.0. The van der Waals surface area contributed by atoms with Crippen molar-refractivity contribution < 1.29 is 13.2 Å². The molecule has 1 atom stereocenters. The Morgan fingerprint density at radius 2 is 1.82 bits per heavy atom. The monoisotopic (exact) mass is 346 g/mol. The van der Waals surface area contributed by atoms with Gasteiger partial charge in [0.15, 0.2) is 0 Å². The molecule has 5 nitrogen and oxygen atoms in total. The van der Waals surface area contributed by atoms with Crippen molar-refractivity contribution in [2.24, 2.45) is 5.92 Å². The molecule has 1 unspecified atom stereocenters. The van der Waals surface area contributed by atoms with Crippen molar-refractivity contribution in [3.05, 3.63) is 29.3 Å². The first-order valence-electron chi connectivity index (χ1n) is 7.47. The number of nitrogens with one attached hydrogen (secondary N) is 1. The van der Waals surface area contributed by atoms with Crippen LogP contribution in [0.1, 0.15) is 13.8 Å².